The predicted octanol–water partition coefficient (Wildman–Crippen LogP) is 3.18. The Bertz CT molecular complexity index is 263. The molecule has 106 valence electrons. The molecule has 1 heterocycles. The zero-order chi connectivity index (χ0) is 13.7. The Morgan fingerprint density at radius 3 is 2.33 bits per heavy atom. The van der Waals surface area contributed by atoms with Gasteiger partial charge in [0.15, 0.2) is 0 Å². The standard InChI is InChI=1S/C16H32N2/c1-14-10-17-12-16(2,13-18-11-14)15-8-6-4-3-5-7-9-15/h14-15,17-18H,3-13H2,1-2H3/i12D. The molecule has 2 nitrogen and oxygen atoms in total. The van der Waals surface area contributed by atoms with Crippen molar-refractivity contribution in [1.29, 1.82) is 0 Å². The fourth-order valence-electron chi connectivity index (χ4n) is 3.58. The summed E-state index contributed by atoms with van der Waals surface area (Å²) in [5, 5.41) is 7.12. The number of hydrogen-bond acceptors (Lipinski definition) is 2. The lowest BCUT2D eigenvalue weighted by molar-refractivity contribution is 0.129. The molecule has 1 saturated carbocycles. The molecule has 0 amide bonds. The molecule has 0 aromatic heterocycles. The van der Waals surface area contributed by atoms with E-state index in [4.69, 9.17) is 1.37 Å². The number of rotatable bonds is 1. The van der Waals surface area contributed by atoms with Gasteiger partial charge in [-0.25, -0.2) is 0 Å². The highest BCUT2D eigenvalue weighted by Crippen LogP contribution is 2.36. The second kappa shape index (κ2) is 6.91. The van der Waals surface area contributed by atoms with Crippen LogP contribution < -0.4 is 10.6 Å². The minimum Gasteiger partial charge on any atom is -0.316 e. The highest BCUT2D eigenvalue weighted by Gasteiger charge is 2.34. The van der Waals surface area contributed by atoms with Gasteiger partial charge >= 0.3 is 0 Å². The van der Waals surface area contributed by atoms with E-state index < -0.39 is 0 Å². The molecule has 1 aliphatic carbocycles. The highest BCUT2D eigenvalue weighted by molar-refractivity contribution is 4.89. The summed E-state index contributed by atoms with van der Waals surface area (Å²) in [5.41, 5.74) is 0.0947. The summed E-state index contributed by atoms with van der Waals surface area (Å²) in [6.45, 7) is 7.54. The van der Waals surface area contributed by atoms with Crippen molar-refractivity contribution < 1.29 is 1.37 Å². The first-order valence-corrected chi connectivity index (χ1v) is 7.99. The quantitative estimate of drug-likeness (QED) is 0.750. The van der Waals surface area contributed by atoms with Crippen LogP contribution >= 0.6 is 0 Å². The van der Waals surface area contributed by atoms with Crippen LogP contribution in [0.5, 0.6) is 0 Å². The van der Waals surface area contributed by atoms with Crippen molar-refractivity contribution in [2.45, 2.75) is 58.8 Å². The minimum atomic E-state index is -0.118. The lowest BCUT2D eigenvalue weighted by Crippen LogP contribution is -2.50. The van der Waals surface area contributed by atoms with Gasteiger partial charge in [-0.15, -0.1) is 0 Å². The molecular formula is C16H32N2. The van der Waals surface area contributed by atoms with Gasteiger partial charge in [0.1, 0.15) is 0 Å². The van der Waals surface area contributed by atoms with Crippen molar-refractivity contribution in [1.82, 2.24) is 10.6 Å². The van der Waals surface area contributed by atoms with Crippen LogP contribution in [0.1, 0.15) is 60.2 Å². The van der Waals surface area contributed by atoms with Crippen molar-refractivity contribution in [3.05, 3.63) is 0 Å². The molecular weight excluding hydrogens is 220 g/mol. The lowest BCUT2D eigenvalue weighted by atomic mass is 9.70. The van der Waals surface area contributed by atoms with Crippen LogP contribution in [0.2, 0.25) is 0 Å². The first kappa shape index (κ1) is 12.9. The summed E-state index contributed by atoms with van der Waals surface area (Å²) in [5.74, 6) is 1.35. The molecule has 0 aromatic carbocycles. The minimum absolute atomic E-state index is 0.0947. The van der Waals surface area contributed by atoms with E-state index in [-0.39, 0.29) is 11.9 Å². The summed E-state index contributed by atoms with van der Waals surface area (Å²) in [6.07, 6.45) is 9.59. The summed E-state index contributed by atoms with van der Waals surface area (Å²) >= 11 is 0. The third kappa shape index (κ3) is 3.96. The van der Waals surface area contributed by atoms with Crippen LogP contribution in [0.4, 0.5) is 0 Å². The SMILES string of the molecule is [2H]C1NCC(C)CNCC1(C)C1CCCCCCC1. The molecule has 2 rings (SSSR count). The van der Waals surface area contributed by atoms with Crippen molar-refractivity contribution in [2.24, 2.45) is 17.3 Å². The van der Waals surface area contributed by atoms with Gasteiger partial charge in [0.2, 0.25) is 0 Å². The second-order valence-electron chi connectivity index (χ2n) is 6.84. The molecule has 0 bridgehead atoms. The number of nitrogens with one attached hydrogen (secondary N) is 2. The zero-order valence-corrected chi connectivity index (χ0v) is 12.3. The van der Waals surface area contributed by atoms with Crippen LogP contribution in [0, 0.1) is 17.3 Å². The number of hydrogen-bond donors (Lipinski definition) is 2. The molecule has 2 aliphatic rings. The van der Waals surface area contributed by atoms with Gasteiger partial charge in [-0.05, 0) is 43.2 Å². The Morgan fingerprint density at radius 1 is 1.00 bits per heavy atom. The summed E-state index contributed by atoms with van der Waals surface area (Å²) in [4.78, 5) is 0. The molecule has 3 atom stereocenters. The first-order chi connectivity index (χ1) is 9.13. The van der Waals surface area contributed by atoms with Gasteiger partial charge in [0.25, 0.3) is 0 Å². The average molecular weight is 253 g/mol. The monoisotopic (exact) mass is 253 g/mol. The average Bonchev–Trinajstić information content (AvgIpc) is 2.34. The van der Waals surface area contributed by atoms with Crippen LogP contribution in [0.15, 0.2) is 0 Å². The largest absolute Gasteiger partial charge is 0.316 e. The summed E-state index contributed by atoms with van der Waals surface area (Å²) < 4.78 is 8.56. The van der Waals surface area contributed by atoms with E-state index in [1.165, 1.54) is 44.9 Å². The third-order valence-electron chi connectivity index (χ3n) is 4.93. The van der Waals surface area contributed by atoms with Gasteiger partial charge in [0.05, 0.1) is 0 Å². The third-order valence-corrected chi connectivity index (χ3v) is 4.93. The van der Waals surface area contributed by atoms with Crippen molar-refractivity contribution >= 4 is 0 Å². The van der Waals surface area contributed by atoms with E-state index in [0.29, 0.717) is 11.8 Å². The van der Waals surface area contributed by atoms with Crippen LogP contribution in [-0.2, 0) is 0 Å². The molecule has 18 heavy (non-hydrogen) atoms. The van der Waals surface area contributed by atoms with E-state index in [1.807, 2.05) is 0 Å². The van der Waals surface area contributed by atoms with Gasteiger partial charge in [-0.2, -0.15) is 0 Å². The van der Waals surface area contributed by atoms with Crippen molar-refractivity contribution in [3.8, 4) is 0 Å². The van der Waals surface area contributed by atoms with Gasteiger partial charge in [-0.3, -0.25) is 0 Å². The van der Waals surface area contributed by atoms with Crippen LogP contribution in [0.3, 0.4) is 0 Å². The van der Waals surface area contributed by atoms with E-state index in [1.54, 1.807) is 0 Å². The molecule has 2 heteroatoms. The van der Waals surface area contributed by atoms with Gasteiger partial charge in [0, 0.05) is 14.4 Å². The Morgan fingerprint density at radius 2 is 1.61 bits per heavy atom. The fourth-order valence-corrected chi connectivity index (χ4v) is 3.58. The molecule has 0 radical (unpaired) electrons. The predicted molar refractivity (Wildman–Crippen MR) is 78.8 cm³/mol. The first-order valence-electron chi connectivity index (χ1n) is 8.57. The smallest absolute Gasteiger partial charge is 0.0434 e. The zero-order valence-electron chi connectivity index (χ0n) is 13.3. The van der Waals surface area contributed by atoms with Crippen molar-refractivity contribution in [3.63, 3.8) is 0 Å². The van der Waals surface area contributed by atoms with E-state index in [9.17, 15) is 0 Å². The molecule has 0 spiro atoms. The van der Waals surface area contributed by atoms with E-state index >= 15 is 0 Å². The van der Waals surface area contributed by atoms with E-state index in [0.717, 1.165) is 19.6 Å². The molecule has 3 unspecified atom stereocenters. The molecule has 1 saturated heterocycles. The Kier molecular flexibility index (Phi) is 4.96. The topological polar surface area (TPSA) is 24.1 Å². The second-order valence-corrected chi connectivity index (χ2v) is 6.84. The highest BCUT2D eigenvalue weighted by atomic mass is 15.0. The normalized spacial score (nSPS) is 42.2. The maximum atomic E-state index is 8.56. The van der Waals surface area contributed by atoms with Crippen LogP contribution in [0.25, 0.3) is 0 Å². The molecule has 2 N–H and O–H groups in total. The van der Waals surface area contributed by atoms with Gasteiger partial charge < -0.3 is 10.6 Å². The molecule has 1 aliphatic heterocycles. The maximum Gasteiger partial charge on any atom is 0.0434 e. The Hall–Kier alpha value is -0.0800. The van der Waals surface area contributed by atoms with Crippen LogP contribution in [-0.4, -0.2) is 26.2 Å². The fraction of sp³-hybridized carbons (Fsp3) is 1.00. The van der Waals surface area contributed by atoms with Gasteiger partial charge in [-0.1, -0.05) is 46.0 Å². The van der Waals surface area contributed by atoms with Crippen molar-refractivity contribution in [2.75, 3.05) is 26.2 Å². The Balaban J connectivity index is 2.03. The molecule has 0 aromatic rings. The lowest BCUT2D eigenvalue weighted by Gasteiger charge is -2.41. The Labute approximate surface area is 115 Å². The summed E-state index contributed by atoms with van der Waals surface area (Å²) in [7, 11) is 0. The maximum absolute atomic E-state index is 8.56. The van der Waals surface area contributed by atoms with E-state index in [2.05, 4.69) is 24.5 Å². The summed E-state index contributed by atoms with van der Waals surface area (Å²) in [6, 6.07) is 0. The molecule has 2 fully saturated rings.